The molecule has 1 saturated carbocycles. The van der Waals surface area contributed by atoms with Gasteiger partial charge in [-0.15, -0.1) is 9.24 Å². The van der Waals surface area contributed by atoms with E-state index in [4.69, 9.17) is 0 Å². The van der Waals surface area contributed by atoms with E-state index in [-0.39, 0.29) is 0 Å². The molecule has 0 N–H and O–H groups in total. The molecule has 0 nitrogen and oxygen atoms in total. The highest BCUT2D eigenvalue weighted by molar-refractivity contribution is 7.17. The van der Waals surface area contributed by atoms with Crippen LogP contribution < -0.4 is 0 Å². The lowest BCUT2D eigenvalue weighted by Crippen LogP contribution is -2.11. The maximum Gasteiger partial charge on any atom is -0.0262 e. The van der Waals surface area contributed by atoms with Gasteiger partial charge in [-0.05, 0) is 24.4 Å². The standard InChI is InChI=1S/C7H15P/c1-6-3-2-4-7(8)5-6/h6-7H,2-5,8H2,1H3. The summed E-state index contributed by atoms with van der Waals surface area (Å²) >= 11 is 0. The van der Waals surface area contributed by atoms with Crippen molar-refractivity contribution in [1.29, 1.82) is 0 Å². The molecule has 0 heterocycles. The number of hydrogen-bond acceptors (Lipinski definition) is 0. The summed E-state index contributed by atoms with van der Waals surface area (Å²) in [6.07, 6.45) is 5.79. The molecule has 0 aromatic heterocycles. The van der Waals surface area contributed by atoms with Crippen LogP contribution in [0.1, 0.15) is 32.6 Å². The van der Waals surface area contributed by atoms with Crippen LogP contribution in [0.4, 0.5) is 0 Å². The fraction of sp³-hybridized carbons (Fsp3) is 1.00. The second kappa shape index (κ2) is 2.82. The third-order valence-electron chi connectivity index (χ3n) is 1.98. The topological polar surface area (TPSA) is 0 Å². The van der Waals surface area contributed by atoms with Crippen molar-refractivity contribution in [2.24, 2.45) is 5.92 Å². The summed E-state index contributed by atoms with van der Waals surface area (Å²) < 4.78 is 0. The van der Waals surface area contributed by atoms with Gasteiger partial charge in [-0.3, -0.25) is 0 Å². The van der Waals surface area contributed by atoms with Crippen LogP contribution in [-0.2, 0) is 0 Å². The quantitative estimate of drug-likeness (QED) is 0.442. The molecule has 48 valence electrons. The van der Waals surface area contributed by atoms with Gasteiger partial charge in [-0.1, -0.05) is 19.8 Å². The molecule has 0 aromatic carbocycles. The van der Waals surface area contributed by atoms with Gasteiger partial charge < -0.3 is 0 Å². The molecule has 3 atom stereocenters. The van der Waals surface area contributed by atoms with Gasteiger partial charge in [0.15, 0.2) is 0 Å². The van der Waals surface area contributed by atoms with E-state index >= 15 is 0 Å². The second-order valence-electron chi connectivity index (χ2n) is 3.03. The Kier molecular flexibility index (Phi) is 2.31. The van der Waals surface area contributed by atoms with Crippen molar-refractivity contribution in [3.05, 3.63) is 0 Å². The summed E-state index contributed by atoms with van der Waals surface area (Å²) in [7, 11) is 2.93. The Morgan fingerprint density at radius 2 is 2.12 bits per heavy atom. The molecule has 0 spiro atoms. The smallest absolute Gasteiger partial charge is 0.0262 e. The Morgan fingerprint density at radius 1 is 1.38 bits per heavy atom. The first-order valence-electron chi connectivity index (χ1n) is 3.54. The van der Waals surface area contributed by atoms with Crippen molar-refractivity contribution >= 4 is 9.24 Å². The lowest BCUT2D eigenvalue weighted by molar-refractivity contribution is 0.394. The average molecular weight is 130 g/mol. The minimum atomic E-state index is 0.929. The molecular formula is C7H15P. The first-order valence-corrected chi connectivity index (χ1v) is 4.21. The van der Waals surface area contributed by atoms with E-state index < -0.39 is 0 Å². The van der Waals surface area contributed by atoms with Gasteiger partial charge in [0, 0.05) is 0 Å². The summed E-state index contributed by atoms with van der Waals surface area (Å²) in [5, 5.41) is 0. The van der Waals surface area contributed by atoms with Gasteiger partial charge >= 0.3 is 0 Å². The fourth-order valence-corrected chi connectivity index (χ4v) is 2.18. The first kappa shape index (κ1) is 6.55. The normalized spacial score (nSPS) is 39.8. The molecule has 8 heavy (non-hydrogen) atoms. The maximum atomic E-state index is 2.93. The number of rotatable bonds is 0. The summed E-state index contributed by atoms with van der Waals surface area (Å²) in [4.78, 5) is 0. The summed E-state index contributed by atoms with van der Waals surface area (Å²) in [6, 6.07) is 0. The van der Waals surface area contributed by atoms with Crippen molar-refractivity contribution in [3.63, 3.8) is 0 Å². The molecule has 1 aliphatic carbocycles. The average Bonchev–Trinajstić information content (AvgIpc) is 1.64. The molecule has 1 heteroatoms. The van der Waals surface area contributed by atoms with E-state index in [1.54, 1.807) is 0 Å². The van der Waals surface area contributed by atoms with E-state index in [0.717, 1.165) is 11.6 Å². The van der Waals surface area contributed by atoms with E-state index in [0.29, 0.717) is 0 Å². The highest BCUT2D eigenvalue weighted by atomic mass is 31.0. The largest absolute Gasteiger partial charge is 0.134 e. The molecule has 0 aliphatic heterocycles. The van der Waals surface area contributed by atoms with E-state index in [9.17, 15) is 0 Å². The van der Waals surface area contributed by atoms with Crippen LogP contribution in [0.5, 0.6) is 0 Å². The van der Waals surface area contributed by atoms with Crippen LogP contribution in [0, 0.1) is 5.92 Å². The van der Waals surface area contributed by atoms with Gasteiger partial charge in [-0.25, -0.2) is 0 Å². The van der Waals surface area contributed by atoms with Crippen LogP contribution in [0.2, 0.25) is 0 Å². The highest BCUT2D eigenvalue weighted by Crippen LogP contribution is 2.28. The van der Waals surface area contributed by atoms with Crippen LogP contribution in [0.3, 0.4) is 0 Å². The third kappa shape index (κ3) is 1.74. The zero-order valence-corrected chi connectivity index (χ0v) is 6.72. The van der Waals surface area contributed by atoms with Gasteiger partial charge in [0.2, 0.25) is 0 Å². The monoisotopic (exact) mass is 130 g/mol. The molecule has 0 saturated heterocycles. The highest BCUT2D eigenvalue weighted by Gasteiger charge is 2.13. The molecule has 1 rings (SSSR count). The maximum absolute atomic E-state index is 2.93. The van der Waals surface area contributed by atoms with Crippen molar-refractivity contribution in [3.8, 4) is 0 Å². The molecule has 3 unspecified atom stereocenters. The molecule has 1 aliphatic rings. The minimum Gasteiger partial charge on any atom is -0.134 e. The minimum absolute atomic E-state index is 0.929. The summed E-state index contributed by atoms with van der Waals surface area (Å²) in [5.74, 6) is 0.992. The first-order chi connectivity index (χ1) is 3.79. The molecule has 0 amide bonds. The van der Waals surface area contributed by atoms with E-state index in [1.807, 2.05) is 0 Å². The summed E-state index contributed by atoms with van der Waals surface area (Å²) in [6.45, 7) is 2.36. The lowest BCUT2D eigenvalue weighted by atomic mass is 9.91. The van der Waals surface area contributed by atoms with Crippen LogP contribution in [0.25, 0.3) is 0 Å². The van der Waals surface area contributed by atoms with Crippen molar-refractivity contribution in [2.45, 2.75) is 38.3 Å². The molecule has 0 aromatic rings. The third-order valence-corrected chi connectivity index (χ3v) is 2.58. The number of hydrogen-bond donors (Lipinski definition) is 0. The Labute approximate surface area is 54.3 Å². The van der Waals surface area contributed by atoms with Crippen LogP contribution in [0.15, 0.2) is 0 Å². The molecule has 0 bridgehead atoms. The van der Waals surface area contributed by atoms with Crippen molar-refractivity contribution in [1.82, 2.24) is 0 Å². The van der Waals surface area contributed by atoms with Gasteiger partial charge in [0.25, 0.3) is 0 Å². The van der Waals surface area contributed by atoms with Gasteiger partial charge in [0.05, 0.1) is 0 Å². The van der Waals surface area contributed by atoms with Crippen molar-refractivity contribution in [2.75, 3.05) is 0 Å². The Morgan fingerprint density at radius 3 is 2.50 bits per heavy atom. The SMILES string of the molecule is CC1CCCC(P)C1. The Bertz CT molecular complexity index is 62.8. The van der Waals surface area contributed by atoms with Crippen molar-refractivity contribution < 1.29 is 0 Å². The predicted molar refractivity (Wildman–Crippen MR) is 41.1 cm³/mol. The van der Waals surface area contributed by atoms with Crippen LogP contribution in [-0.4, -0.2) is 5.66 Å². The van der Waals surface area contributed by atoms with E-state index in [2.05, 4.69) is 16.2 Å². The fourth-order valence-electron chi connectivity index (χ4n) is 1.48. The molecule has 1 fully saturated rings. The molecular weight excluding hydrogens is 115 g/mol. The molecule has 0 radical (unpaired) electrons. The second-order valence-corrected chi connectivity index (χ2v) is 3.97. The zero-order valence-electron chi connectivity index (χ0n) is 5.56. The Balaban J connectivity index is 2.23. The lowest BCUT2D eigenvalue weighted by Gasteiger charge is -2.22. The van der Waals surface area contributed by atoms with Gasteiger partial charge in [0.1, 0.15) is 0 Å². The zero-order chi connectivity index (χ0) is 5.98. The van der Waals surface area contributed by atoms with Crippen LogP contribution >= 0.6 is 9.24 Å². The van der Waals surface area contributed by atoms with Gasteiger partial charge in [-0.2, -0.15) is 0 Å². The predicted octanol–water partition coefficient (Wildman–Crippen LogP) is 2.44. The summed E-state index contributed by atoms with van der Waals surface area (Å²) in [5.41, 5.74) is 0.929. The Hall–Kier alpha value is 0.430. The van der Waals surface area contributed by atoms with E-state index in [1.165, 1.54) is 25.7 Å².